The van der Waals surface area contributed by atoms with Crippen molar-refractivity contribution in [3.05, 3.63) is 34.7 Å². The first-order valence-corrected chi connectivity index (χ1v) is 8.15. The van der Waals surface area contributed by atoms with Crippen LogP contribution in [-0.2, 0) is 4.79 Å². The molecule has 7 nitrogen and oxygen atoms in total. The number of rotatable bonds is 4. The SMILES string of the molecule is CC(=O)N[C@@H]1CN(c2nc(C(N)=O)cs2)C[C@H]1c1ccc(C)o1. The summed E-state index contributed by atoms with van der Waals surface area (Å²) in [6.07, 6.45) is 0. The Morgan fingerprint density at radius 3 is 2.78 bits per heavy atom. The van der Waals surface area contributed by atoms with Crippen LogP contribution in [0.25, 0.3) is 0 Å². The zero-order valence-electron chi connectivity index (χ0n) is 12.9. The molecular formula is C15H18N4O3S. The quantitative estimate of drug-likeness (QED) is 0.876. The van der Waals surface area contributed by atoms with E-state index in [0.29, 0.717) is 13.1 Å². The summed E-state index contributed by atoms with van der Waals surface area (Å²) in [5, 5.41) is 5.34. The van der Waals surface area contributed by atoms with Gasteiger partial charge in [0.15, 0.2) is 5.13 Å². The van der Waals surface area contributed by atoms with E-state index in [4.69, 9.17) is 10.2 Å². The average Bonchev–Trinajstić information content (AvgIpc) is 3.16. The third-order valence-electron chi connectivity index (χ3n) is 3.85. The van der Waals surface area contributed by atoms with Crippen molar-refractivity contribution in [2.75, 3.05) is 18.0 Å². The number of aryl methyl sites for hydroxylation is 1. The first-order valence-electron chi connectivity index (χ1n) is 7.27. The van der Waals surface area contributed by atoms with E-state index in [1.807, 2.05) is 24.0 Å². The summed E-state index contributed by atoms with van der Waals surface area (Å²) in [4.78, 5) is 29.0. The van der Waals surface area contributed by atoms with Crippen LogP contribution in [0.2, 0.25) is 0 Å². The molecule has 0 bridgehead atoms. The summed E-state index contributed by atoms with van der Waals surface area (Å²) in [7, 11) is 0. The number of nitrogens with zero attached hydrogens (tertiary/aromatic N) is 2. The lowest BCUT2D eigenvalue weighted by Gasteiger charge is -2.16. The number of carbonyl (C=O) groups is 2. The van der Waals surface area contributed by atoms with Crippen LogP contribution in [0, 0.1) is 6.92 Å². The lowest BCUT2D eigenvalue weighted by Crippen LogP contribution is -2.38. The minimum atomic E-state index is -0.539. The van der Waals surface area contributed by atoms with Crippen LogP contribution in [0.4, 0.5) is 5.13 Å². The van der Waals surface area contributed by atoms with Crippen molar-refractivity contribution in [3.8, 4) is 0 Å². The van der Waals surface area contributed by atoms with Gasteiger partial charge in [0.1, 0.15) is 17.2 Å². The lowest BCUT2D eigenvalue weighted by atomic mass is 10.0. The largest absolute Gasteiger partial charge is 0.466 e. The van der Waals surface area contributed by atoms with Gasteiger partial charge in [0.2, 0.25) is 5.91 Å². The lowest BCUT2D eigenvalue weighted by molar-refractivity contribution is -0.119. The molecule has 1 fully saturated rings. The fourth-order valence-electron chi connectivity index (χ4n) is 2.83. The highest BCUT2D eigenvalue weighted by Gasteiger charge is 2.37. The Morgan fingerprint density at radius 1 is 1.43 bits per heavy atom. The highest BCUT2D eigenvalue weighted by molar-refractivity contribution is 7.13. The van der Waals surface area contributed by atoms with Crippen LogP contribution in [0.15, 0.2) is 21.9 Å². The van der Waals surface area contributed by atoms with E-state index < -0.39 is 5.91 Å². The van der Waals surface area contributed by atoms with Crippen molar-refractivity contribution >= 4 is 28.3 Å². The van der Waals surface area contributed by atoms with E-state index in [1.165, 1.54) is 18.3 Å². The third-order valence-corrected chi connectivity index (χ3v) is 4.75. The highest BCUT2D eigenvalue weighted by Crippen LogP contribution is 2.33. The summed E-state index contributed by atoms with van der Waals surface area (Å²) >= 11 is 1.37. The molecule has 1 aliphatic rings. The monoisotopic (exact) mass is 334 g/mol. The molecule has 0 spiro atoms. The Balaban J connectivity index is 1.84. The molecular weight excluding hydrogens is 316 g/mol. The summed E-state index contributed by atoms with van der Waals surface area (Å²) < 4.78 is 5.74. The maximum atomic E-state index is 11.5. The maximum Gasteiger partial charge on any atom is 0.268 e. The molecule has 122 valence electrons. The Morgan fingerprint density at radius 2 is 2.22 bits per heavy atom. The van der Waals surface area contributed by atoms with E-state index in [1.54, 1.807) is 5.38 Å². The molecule has 1 aliphatic heterocycles. The van der Waals surface area contributed by atoms with E-state index in [0.717, 1.165) is 16.7 Å². The molecule has 3 N–H and O–H groups in total. The fourth-order valence-corrected chi connectivity index (χ4v) is 3.67. The number of carbonyl (C=O) groups excluding carboxylic acids is 2. The third kappa shape index (κ3) is 3.21. The van der Waals surface area contributed by atoms with Crippen molar-refractivity contribution in [2.24, 2.45) is 5.73 Å². The second-order valence-electron chi connectivity index (χ2n) is 5.65. The number of nitrogens with one attached hydrogen (secondary N) is 1. The second-order valence-corrected chi connectivity index (χ2v) is 6.48. The van der Waals surface area contributed by atoms with Gasteiger partial charge in [0.25, 0.3) is 5.91 Å². The minimum Gasteiger partial charge on any atom is -0.466 e. The van der Waals surface area contributed by atoms with Gasteiger partial charge in [-0.25, -0.2) is 4.98 Å². The molecule has 0 unspecified atom stereocenters. The predicted octanol–water partition coefficient (Wildman–Crippen LogP) is 1.25. The van der Waals surface area contributed by atoms with E-state index in [-0.39, 0.29) is 23.6 Å². The first-order chi connectivity index (χ1) is 10.9. The van der Waals surface area contributed by atoms with Crippen LogP contribution in [0.1, 0.15) is 34.9 Å². The summed E-state index contributed by atoms with van der Waals surface area (Å²) in [5.74, 6) is 1.10. The Hall–Kier alpha value is -2.35. The summed E-state index contributed by atoms with van der Waals surface area (Å²) in [5.41, 5.74) is 5.52. The molecule has 0 saturated carbocycles. The molecule has 1 saturated heterocycles. The smallest absolute Gasteiger partial charge is 0.268 e. The fraction of sp³-hybridized carbons (Fsp3) is 0.400. The standard InChI is InChI=1S/C15H18N4O3S/c1-8-3-4-13(22-8)10-5-19(6-11(10)17-9(2)20)15-18-12(7-23-15)14(16)21/h3-4,7,10-11H,5-6H2,1-2H3,(H2,16,21)(H,17,20)/t10-,11-/m1/s1. The van der Waals surface area contributed by atoms with Gasteiger partial charge in [0.05, 0.1) is 12.0 Å². The molecule has 2 aromatic heterocycles. The van der Waals surface area contributed by atoms with E-state index in [9.17, 15) is 9.59 Å². The van der Waals surface area contributed by atoms with Crippen molar-refractivity contribution in [1.29, 1.82) is 0 Å². The van der Waals surface area contributed by atoms with Gasteiger partial charge in [0, 0.05) is 25.4 Å². The van der Waals surface area contributed by atoms with Crippen LogP contribution >= 0.6 is 11.3 Å². The Bertz CT molecular complexity index is 739. The number of aromatic nitrogens is 1. The predicted molar refractivity (Wildman–Crippen MR) is 86.6 cm³/mol. The van der Waals surface area contributed by atoms with Crippen LogP contribution in [-0.4, -0.2) is 35.9 Å². The van der Waals surface area contributed by atoms with Gasteiger partial charge in [-0.2, -0.15) is 0 Å². The summed E-state index contributed by atoms with van der Waals surface area (Å²) in [6, 6.07) is 3.78. The maximum absolute atomic E-state index is 11.5. The van der Waals surface area contributed by atoms with Gasteiger partial charge in [-0.15, -0.1) is 11.3 Å². The molecule has 3 rings (SSSR count). The van der Waals surface area contributed by atoms with Crippen molar-refractivity contribution in [2.45, 2.75) is 25.8 Å². The molecule has 2 amide bonds. The summed E-state index contributed by atoms with van der Waals surface area (Å²) in [6.45, 7) is 4.66. The highest BCUT2D eigenvalue weighted by atomic mass is 32.1. The van der Waals surface area contributed by atoms with Gasteiger partial charge < -0.3 is 20.4 Å². The number of thiazole rings is 1. The topological polar surface area (TPSA) is 101 Å². The Labute approximate surface area is 137 Å². The average molecular weight is 334 g/mol. The zero-order valence-corrected chi connectivity index (χ0v) is 13.7. The van der Waals surface area contributed by atoms with Gasteiger partial charge >= 0.3 is 0 Å². The number of hydrogen-bond donors (Lipinski definition) is 2. The van der Waals surface area contributed by atoms with Crippen molar-refractivity contribution in [1.82, 2.24) is 10.3 Å². The molecule has 0 radical (unpaired) electrons. The molecule has 0 aromatic carbocycles. The molecule has 3 heterocycles. The van der Waals surface area contributed by atoms with Crippen LogP contribution < -0.4 is 16.0 Å². The number of furan rings is 1. The number of hydrogen-bond acceptors (Lipinski definition) is 6. The molecule has 8 heteroatoms. The molecule has 23 heavy (non-hydrogen) atoms. The number of anilines is 1. The van der Waals surface area contributed by atoms with Crippen molar-refractivity contribution < 1.29 is 14.0 Å². The normalized spacial score (nSPS) is 20.7. The van der Waals surface area contributed by atoms with Crippen LogP contribution in [0.5, 0.6) is 0 Å². The van der Waals surface area contributed by atoms with Gasteiger partial charge in [-0.05, 0) is 19.1 Å². The first kappa shape index (κ1) is 15.5. The van der Waals surface area contributed by atoms with Gasteiger partial charge in [-0.3, -0.25) is 9.59 Å². The molecule has 2 atom stereocenters. The number of amides is 2. The van der Waals surface area contributed by atoms with Gasteiger partial charge in [-0.1, -0.05) is 0 Å². The molecule has 2 aromatic rings. The van der Waals surface area contributed by atoms with Crippen molar-refractivity contribution in [3.63, 3.8) is 0 Å². The Kier molecular flexibility index (Phi) is 4.08. The number of nitrogens with two attached hydrogens (primary N) is 1. The minimum absolute atomic E-state index is 0.0357. The van der Waals surface area contributed by atoms with Crippen LogP contribution in [0.3, 0.4) is 0 Å². The van der Waals surface area contributed by atoms with E-state index in [2.05, 4.69) is 10.3 Å². The number of primary amides is 1. The zero-order chi connectivity index (χ0) is 16.6. The second kappa shape index (κ2) is 6.04. The molecule has 0 aliphatic carbocycles. The van der Waals surface area contributed by atoms with E-state index >= 15 is 0 Å².